The maximum absolute atomic E-state index is 12.6. The van der Waals surface area contributed by atoms with Crippen LogP contribution in [0.4, 0.5) is 15.2 Å². The molecule has 0 radical (unpaired) electrons. The first-order valence-corrected chi connectivity index (χ1v) is 7.42. The van der Waals surface area contributed by atoms with Crippen LogP contribution in [-0.4, -0.2) is 29.5 Å². The Morgan fingerprint density at radius 1 is 1.35 bits per heavy atom. The minimum atomic E-state index is -3.96. The van der Waals surface area contributed by atoms with Crippen LogP contribution in [0.3, 0.4) is 0 Å². The number of anilines is 2. The Morgan fingerprint density at radius 2 is 2.10 bits per heavy atom. The molecular formula is C9H8FN5O3S2. The molecule has 0 aliphatic heterocycles. The van der Waals surface area contributed by atoms with E-state index in [1.807, 2.05) is 0 Å². The molecule has 0 spiro atoms. The summed E-state index contributed by atoms with van der Waals surface area (Å²) in [6.07, 6.45) is 1.03. The number of sulfonamides is 1. The minimum Gasteiger partial charge on any atom is -0.301 e. The Hall–Kier alpha value is -2.14. The quantitative estimate of drug-likeness (QED) is 0.638. The van der Waals surface area contributed by atoms with Gasteiger partial charge in [0.25, 0.3) is 14.4 Å². The van der Waals surface area contributed by atoms with Crippen molar-refractivity contribution in [2.75, 3.05) is 10.0 Å². The van der Waals surface area contributed by atoms with Gasteiger partial charge in [-0.25, -0.2) is 4.98 Å². The number of hydrogen-bond acceptors (Lipinski definition) is 7. The Balaban J connectivity index is 2.19. The van der Waals surface area contributed by atoms with Crippen molar-refractivity contribution in [3.8, 4) is 0 Å². The zero-order valence-electron chi connectivity index (χ0n) is 9.99. The van der Waals surface area contributed by atoms with Crippen molar-refractivity contribution in [2.24, 2.45) is 0 Å². The van der Waals surface area contributed by atoms with Crippen LogP contribution < -0.4 is 10.0 Å². The van der Waals surface area contributed by atoms with Crippen molar-refractivity contribution in [3.05, 3.63) is 24.3 Å². The lowest BCUT2D eigenvalue weighted by Gasteiger charge is -2.03. The number of hydrogen-bond donors (Lipinski definition) is 2. The standard InChI is InChI=1S/C9H8FN5O3S2/c1-5(16)12-8-13-14-9(19-8)20(17,18)15-6-2-3-7(10)11-4-6/h2-4,15H,1H3,(H,12,13,16). The SMILES string of the molecule is CC(=O)Nc1nnc(S(=O)(=O)Nc2ccc(F)nc2)s1. The third kappa shape index (κ3) is 3.45. The van der Waals surface area contributed by atoms with Crippen molar-refractivity contribution in [3.63, 3.8) is 0 Å². The van der Waals surface area contributed by atoms with Crippen molar-refractivity contribution in [1.29, 1.82) is 0 Å². The topological polar surface area (TPSA) is 114 Å². The molecular weight excluding hydrogens is 309 g/mol. The van der Waals surface area contributed by atoms with E-state index in [9.17, 15) is 17.6 Å². The first-order chi connectivity index (χ1) is 9.37. The summed E-state index contributed by atoms with van der Waals surface area (Å²) in [7, 11) is -3.96. The van der Waals surface area contributed by atoms with Gasteiger partial charge in [-0.05, 0) is 12.1 Å². The highest BCUT2D eigenvalue weighted by Gasteiger charge is 2.20. The summed E-state index contributed by atoms with van der Waals surface area (Å²) in [4.78, 5) is 14.1. The van der Waals surface area contributed by atoms with E-state index in [1.165, 1.54) is 13.0 Å². The summed E-state index contributed by atoms with van der Waals surface area (Å²) in [5, 5.41) is 9.37. The molecule has 20 heavy (non-hydrogen) atoms. The molecule has 0 aromatic carbocycles. The Labute approximate surface area is 117 Å². The second kappa shape index (κ2) is 5.46. The van der Waals surface area contributed by atoms with Gasteiger partial charge in [0.1, 0.15) is 0 Å². The van der Waals surface area contributed by atoms with Gasteiger partial charge in [0.05, 0.1) is 11.9 Å². The van der Waals surface area contributed by atoms with Gasteiger partial charge in [-0.2, -0.15) is 12.8 Å². The molecule has 1 amide bonds. The molecule has 2 aromatic rings. The van der Waals surface area contributed by atoms with Crippen LogP contribution in [-0.2, 0) is 14.8 Å². The number of amides is 1. The predicted octanol–water partition coefficient (Wildman–Crippen LogP) is 0.831. The zero-order valence-corrected chi connectivity index (χ0v) is 11.6. The van der Waals surface area contributed by atoms with Crippen LogP contribution in [0.1, 0.15) is 6.92 Å². The number of aromatic nitrogens is 3. The van der Waals surface area contributed by atoms with Crippen LogP contribution >= 0.6 is 11.3 Å². The highest BCUT2D eigenvalue weighted by Crippen LogP contribution is 2.22. The van der Waals surface area contributed by atoms with Crippen LogP contribution in [0, 0.1) is 5.95 Å². The lowest BCUT2D eigenvalue weighted by molar-refractivity contribution is -0.114. The molecule has 0 unspecified atom stereocenters. The average Bonchev–Trinajstić information content (AvgIpc) is 2.80. The zero-order chi connectivity index (χ0) is 14.8. The second-order valence-corrected chi connectivity index (χ2v) is 6.36. The van der Waals surface area contributed by atoms with Crippen molar-refractivity contribution in [2.45, 2.75) is 11.3 Å². The molecule has 0 atom stereocenters. The van der Waals surface area contributed by atoms with Gasteiger partial charge in [0.15, 0.2) is 0 Å². The number of rotatable bonds is 4. The van der Waals surface area contributed by atoms with Crippen molar-refractivity contribution in [1.82, 2.24) is 15.2 Å². The van der Waals surface area contributed by atoms with Gasteiger partial charge in [0, 0.05) is 6.92 Å². The van der Waals surface area contributed by atoms with Crippen molar-refractivity contribution >= 4 is 38.1 Å². The summed E-state index contributed by atoms with van der Waals surface area (Å²) < 4.78 is 38.4. The number of pyridine rings is 1. The smallest absolute Gasteiger partial charge is 0.291 e. The highest BCUT2D eigenvalue weighted by atomic mass is 32.2. The van der Waals surface area contributed by atoms with Crippen LogP contribution in [0.2, 0.25) is 0 Å². The number of carbonyl (C=O) groups is 1. The molecule has 2 aromatic heterocycles. The lowest BCUT2D eigenvalue weighted by Crippen LogP contribution is -2.13. The van der Waals surface area contributed by atoms with E-state index >= 15 is 0 Å². The number of nitrogens with one attached hydrogen (secondary N) is 2. The molecule has 2 rings (SSSR count). The maximum atomic E-state index is 12.6. The molecule has 8 nitrogen and oxygen atoms in total. The monoisotopic (exact) mass is 317 g/mol. The summed E-state index contributed by atoms with van der Waals surface area (Å²) in [5.41, 5.74) is 0.0858. The number of halogens is 1. The van der Waals surface area contributed by atoms with Gasteiger partial charge < -0.3 is 5.32 Å². The summed E-state index contributed by atoms with van der Waals surface area (Å²) in [6.45, 7) is 1.26. The van der Waals surface area contributed by atoms with E-state index in [4.69, 9.17) is 0 Å². The van der Waals surface area contributed by atoms with Gasteiger partial charge in [-0.1, -0.05) is 11.3 Å². The third-order valence-electron chi connectivity index (χ3n) is 1.90. The van der Waals surface area contributed by atoms with Crippen molar-refractivity contribution < 1.29 is 17.6 Å². The molecule has 106 valence electrons. The van der Waals surface area contributed by atoms with Crippen LogP contribution in [0.5, 0.6) is 0 Å². The highest BCUT2D eigenvalue weighted by molar-refractivity contribution is 7.94. The van der Waals surface area contributed by atoms with Crippen LogP contribution in [0.15, 0.2) is 22.7 Å². The maximum Gasteiger partial charge on any atom is 0.291 e. The lowest BCUT2D eigenvalue weighted by atomic mass is 10.4. The summed E-state index contributed by atoms with van der Waals surface area (Å²) in [5.74, 6) is -1.11. The molecule has 0 aliphatic rings. The number of carbonyl (C=O) groups excluding carboxylic acids is 1. The molecule has 0 bridgehead atoms. The average molecular weight is 317 g/mol. The van der Waals surface area contributed by atoms with E-state index in [2.05, 4.69) is 25.2 Å². The summed E-state index contributed by atoms with van der Waals surface area (Å²) in [6, 6.07) is 2.23. The van der Waals surface area contributed by atoms with E-state index in [-0.39, 0.29) is 21.1 Å². The Bertz CT molecular complexity index is 728. The molecule has 2 N–H and O–H groups in total. The largest absolute Gasteiger partial charge is 0.301 e. The molecule has 0 fully saturated rings. The van der Waals surface area contributed by atoms with E-state index in [0.717, 1.165) is 12.3 Å². The number of nitrogens with zero attached hydrogens (tertiary/aromatic N) is 3. The predicted molar refractivity (Wildman–Crippen MR) is 69.2 cm³/mol. The van der Waals surface area contributed by atoms with Crippen LogP contribution in [0.25, 0.3) is 0 Å². The first-order valence-electron chi connectivity index (χ1n) is 5.12. The molecule has 0 saturated carbocycles. The van der Waals surface area contributed by atoms with Gasteiger partial charge in [0.2, 0.25) is 17.0 Å². The second-order valence-electron chi connectivity index (χ2n) is 3.53. The fourth-order valence-electron chi connectivity index (χ4n) is 1.15. The fraction of sp³-hybridized carbons (Fsp3) is 0.111. The Kier molecular flexibility index (Phi) is 3.90. The normalized spacial score (nSPS) is 11.1. The summed E-state index contributed by atoms with van der Waals surface area (Å²) >= 11 is 0.691. The van der Waals surface area contributed by atoms with Gasteiger partial charge in [-0.3, -0.25) is 9.52 Å². The van der Waals surface area contributed by atoms with E-state index in [0.29, 0.717) is 11.3 Å². The minimum absolute atomic E-state index is 0.0649. The molecule has 0 aliphatic carbocycles. The fourth-order valence-corrected chi connectivity index (χ4v) is 3.15. The Morgan fingerprint density at radius 3 is 2.70 bits per heavy atom. The molecule has 0 saturated heterocycles. The molecule has 11 heteroatoms. The van der Waals surface area contributed by atoms with E-state index < -0.39 is 16.0 Å². The van der Waals surface area contributed by atoms with E-state index in [1.54, 1.807) is 0 Å². The van der Waals surface area contributed by atoms with Gasteiger partial charge in [-0.15, -0.1) is 10.2 Å². The van der Waals surface area contributed by atoms with Gasteiger partial charge >= 0.3 is 0 Å². The third-order valence-corrected chi connectivity index (χ3v) is 4.49. The molecule has 2 heterocycles. The first kappa shape index (κ1) is 14.3.